The van der Waals surface area contributed by atoms with E-state index in [1.807, 2.05) is 6.92 Å². The van der Waals surface area contributed by atoms with Gasteiger partial charge >= 0.3 is 12.0 Å². The molecule has 1 fully saturated rings. The van der Waals surface area contributed by atoms with Crippen LogP contribution in [-0.2, 0) is 20.8 Å². The number of urea groups is 1. The number of carboxylic acids is 1. The summed E-state index contributed by atoms with van der Waals surface area (Å²) in [6.45, 7) is 2.03. The van der Waals surface area contributed by atoms with Gasteiger partial charge in [0.15, 0.2) is 0 Å². The summed E-state index contributed by atoms with van der Waals surface area (Å²) in [5.74, 6) is -1.58. The van der Waals surface area contributed by atoms with Crippen LogP contribution in [0, 0.1) is 0 Å². The molecule has 2 unspecified atom stereocenters. The Balaban J connectivity index is 1.47. The molecule has 186 valence electrons. The monoisotopic (exact) mass is 537 g/mol. The summed E-state index contributed by atoms with van der Waals surface area (Å²) in [6.07, 6.45) is 1.65. The van der Waals surface area contributed by atoms with Gasteiger partial charge in [0.1, 0.15) is 28.2 Å². The number of nitrogens with zero attached hydrogens (tertiary/aromatic N) is 3. The van der Waals surface area contributed by atoms with E-state index in [-0.39, 0.29) is 5.70 Å². The standard InChI is InChI=1S/C20H23N7O5S3/c1-2-4-10-16(25-26-24-10)34-7-9-8-35-18-13(17(29)27(18)14(9)19(30)31)22-15(28)12(23-20(21)32)11-5-3-6-33-11/h3,5-6,12-13,18H,2,4,7-8H2,1H3,(H,22,28)(H,30,31)(H3,21,23,32)(H,24,25,26)/t12?,13-,18?/m1/s1. The molecule has 35 heavy (non-hydrogen) atoms. The van der Waals surface area contributed by atoms with Crippen LogP contribution >= 0.6 is 34.9 Å². The third-order valence-electron chi connectivity index (χ3n) is 5.39. The number of carbonyl (C=O) groups is 4. The number of β-lactam (4-membered cyclic amide) rings is 1. The van der Waals surface area contributed by atoms with Gasteiger partial charge in [-0.05, 0) is 23.4 Å². The molecule has 0 aliphatic carbocycles. The Labute approximate surface area is 212 Å². The number of thiophene rings is 1. The van der Waals surface area contributed by atoms with Crippen LogP contribution in [0.3, 0.4) is 0 Å². The quantitative estimate of drug-likeness (QED) is 0.218. The molecule has 0 bridgehead atoms. The minimum absolute atomic E-state index is 0.0636. The number of carbonyl (C=O) groups excluding carboxylic acids is 3. The number of aliphatic carboxylic acids is 1. The Kier molecular flexibility index (Phi) is 7.66. The molecular formula is C20H23N7O5S3. The maximum atomic E-state index is 13.0. The molecule has 2 aliphatic rings. The van der Waals surface area contributed by atoms with Crippen LogP contribution in [-0.4, -0.2) is 72.2 Å². The lowest BCUT2D eigenvalue weighted by Crippen LogP contribution is -2.71. The number of H-pyrrole nitrogens is 1. The van der Waals surface area contributed by atoms with Gasteiger partial charge in [-0.1, -0.05) is 24.6 Å². The molecule has 4 amide bonds. The molecule has 0 spiro atoms. The van der Waals surface area contributed by atoms with Crippen LogP contribution in [0.1, 0.15) is 30.0 Å². The first kappa shape index (κ1) is 25.1. The topological polar surface area (TPSA) is 183 Å². The molecule has 4 rings (SSSR count). The number of aromatic amines is 1. The van der Waals surface area contributed by atoms with Crippen molar-refractivity contribution in [2.75, 3.05) is 11.5 Å². The predicted octanol–water partition coefficient (Wildman–Crippen LogP) is 1.06. The molecule has 0 aromatic carbocycles. The number of aryl methyl sites for hydroxylation is 1. The van der Waals surface area contributed by atoms with E-state index in [2.05, 4.69) is 26.0 Å². The van der Waals surface area contributed by atoms with Crippen molar-refractivity contribution < 1.29 is 24.3 Å². The van der Waals surface area contributed by atoms with Gasteiger partial charge in [-0.3, -0.25) is 19.6 Å². The first-order valence-corrected chi connectivity index (χ1v) is 13.6. The van der Waals surface area contributed by atoms with Crippen LogP contribution in [0.4, 0.5) is 4.79 Å². The predicted molar refractivity (Wildman–Crippen MR) is 131 cm³/mol. The maximum Gasteiger partial charge on any atom is 0.352 e. The zero-order valence-electron chi connectivity index (χ0n) is 18.5. The smallest absolute Gasteiger partial charge is 0.352 e. The van der Waals surface area contributed by atoms with E-state index in [0.717, 1.165) is 23.6 Å². The summed E-state index contributed by atoms with van der Waals surface area (Å²) < 4.78 is 0. The Morgan fingerprint density at radius 1 is 1.43 bits per heavy atom. The van der Waals surface area contributed by atoms with Crippen LogP contribution in [0.2, 0.25) is 0 Å². The molecule has 6 N–H and O–H groups in total. The first-order chi connectivity index (χ1) is 16.8. The highest BCUT2D eigenvalue weighted by Gasteiger charge is 2.54. The number of aromatic nitrogens is 3. The highest BCUT2D eigenvalue weighted by Crippen LogP contribution is 2.42. The fourth-order valence-corrected chi connectivity index (χ4v) is 7.03. The average Bonchev–Trinajstić information content (AvgIpc) is 3.51. The molecule has 2 aromatic rings. The summed E-state index contributed by atoms with van der Waals surface area (Å²) in [5, 5.41) is 27.6. The fraction of sp³-hybridized carbons (Fsp3) is 0.400. The van der Waals surface area contributed by atoms with Crippen molar-refractivity contribution in [1.29, 1.82) is 0 Å². The van der Waals surface area contributed by atoms with Gasteiger partial charge in [0.05, 0.1) is 5.69 Å². The van der Waals surface area contributed by atoms with Crippen molar-refractivity contribution >= 4 is 58.7 Å². The van der Waals surface area contributed by atoms with E-state index in [4.69, 9.17) is 5.73 Å². The van der Waals surface area contributed by atoms with Crippen molar-refractivity contribution in [2.45, 2.75) is 42.2 Å². The van der Waals surface area contributed by atoms with Gasteiger partial charge in [-0.15, -0.1) is 40.0 Å². The second-order valence-corrected chi connectivity index (χ2v) is 10.8. The average molecular weight is 538 g/mol. The van der Waals surface area contributed by atoms with Crippen LogP contribution < -0.4 is 16.4 Å². The van der Waals surface area contributed by atoms with E-state index in [1.165, 1.54) is 39.8 Å². The third kappa shape index (κ3) is 5.16. The van der Waals surface area contributed by atoms with Crippen molar-refractivity contribution in [2.24, 2.45) is 5.73 Å². The molecule has 0 radical (unpaired) electrons. The van der Waals surface area contributed by atoms with E-state index in [1.54, 1.807) is 17.5 Å². The van der Waals surface area contributed by atoms with Crippen LogP contribution in [0.15, 0.2) is 33.8 Å². The highest BCUT2D eigenvalue weighted by atomic mass is 32.2. The van der Waals surface area contributed by atoms with E-state index < -0.39 is 41.3 Å². The maximum absolute atomic E-state index is 13.0. The second-order valence-electron chi connectivity index (χ2n) is 7.74. The summed E-state index contributed by atoms with van der Waals surface area (Å²) in [5.41, 5.74) is 6.58. The minimum Gasteiger partial charge on any atom is -0.477 e. The number of thioether (sulfide) groups is 2. The van der Waals surface area contributed by atoms with E-state index in [0.29, 0.717) is 22.0 Å². The van der Waals surface area contributed by atoms with Gasteiger partial charge in [-0.2, -0.15) is 0 Å². The lowest BCUT2D eigenvalue weighted by atomic mass is 10.0. The molecule has 2 aliphatic heterocycles. The third-order valence-corrected chi connectivity index (χ3v) is 8.77. The molecule has 2 aromatic heterocycles. The normalized spacial score (nSPS) is 20.1. The molecule has 4 heterocycles. The number of fused-ring (bicyclic) bond motifs is 1. The Morgan fingerprint density at radius 3 is 2.89 bits per heavy atom. The number of nitrogens with one attached hydrogen (secondary N) is 3. The number of primary amides is 1. The van der Waals surface area contributed by atoms with E-state index >= 15 is 0 Å². The zero-order valence-corrected chi connectivity index (χ0v) is 21.0. The molecule has 3 atom stereocenters. The minimum atomic E-state index is -1.20. The number of nitrogens with two attached hydrogens (primary N) is 1. The van der Waals surface area contributed by atoms with E-state index in [9.17, 15) is 24.3 Å². The SMILES string of the molecule is CCCc1nn[nH]c1SCC1=C(C(=O)O)N2C(=O)[C@@H](NC(=O)C(NC(N)=O)c3cccs3)C2SC1. The second kappa shape index (κ2) is 10.7. The summed E-state index contributed by atoms with van der Waals surface area (Å²) in [6, 6.07) is 0.557. The zero-order chi connectivity index (χ0) is 25.1. The number of amides is 4. The van der Waals surface area contributed by atoms with Gasteiger partial charge in [-0.25, -0.2) is 9.59 Å². The summed E-state index contributed by atoms with van der Waals surface area (Å²) >= 11 is 4.03. The molecule has 15 heteroatoms. The van der Waals surface area contributed by atoms with Gasteiger partial charge in [0, 0.05) is 16.4 Å². The number of hydrogen-bond donors (Lipinski definition) is 5. The summed E-state index contributed by atoms with van der Waals surface area (Å²) in [4.78, 5) is 51.1. The highest BCUT2D eigenvalue weighted by molar-refractivity contribution is 8.01. The van der Waals surface area contributed by atoms with Gasteiger partial charge < -0.3 is 21.5 Å². The summed E-state index contributed by atoms with van der Waals surface area (Å²) in [7, 11) is 0. The van der Waals surface area contributed by atoms with Crippen molar-refractivity contribution in [3.63, 3.8) is 0 Å². The molecule has 0 saturated carbocycles. The molecular weight excluding hydrogens is 514 g/mol. The first-order valence-electron chi connectivity index (χ1n) is 10.6. The Hall–Kier alpha value is -3.04. The van der Waals surface area contributed by atoms with Gasteiger partial charge in [0.25, 0.3) is 5.91 Å². The lowest BCUT2D eigenvalue weighted by Gasteiger charge is -2.49. The fourth-order valence-electron chi connectivity index (χ4n) is 3.81. The van der Waals surface area contributed by atoms with Crippen molar-refractivity contribution in [3.8, 4) is 0 Å². The lowest BCUT2D eigenvalue weighted by molar-refractivity contribution is -0.150. The largest absolute Gasteiger partial charge is 0.477 e. The van der Waals surface area contributed by atoms with Crippen LogP contribution in [0.5, 0.6) is 0 Å². The number of rotatable bonds is 10. The Morgan fingerprint density at radius 2 is 2.23 bits per heavy atom. The molecule has 12 nitrogen and oxygen atoms in total. The molecule has 1 saturated heterocycles. The number of carboxylic acid groups (broad SMARTS) is 1. The van der Waals surface area contributed by atoms with Crippen LogP contribution in [0.25, 0.3) is 0 Å². The number of hydrogen-bond acceptors (Lipinski definition) is 9. The van der Waals surface area contributed by atoms with Crippen molar-refractivity contribution in [1.82, 2.24) is 30.9 Å². The van der Waals surface area contributed by atoms with Gasteiger partial charge in [0.2, 0.25) is 5.91 Å². The Bertz CT molecular complexity index is 1170. The van der Waals surface area contributed by atoms with Crippen molar-refractivity contribution in [3.05, 3.63) is 39.4 Å².